The smallest absolute Gasteiger partial charge is 0.311 e. The maximum atomic E-state index is 12.3. The highest BCUT2D eigenvalue weighted by Crippen LogP contribution is 2.36. The third-order valence-corrected chi connectivity index (χ3v) is 3.35. The standard InChI is InChI=1S/C15H10O6/c16-10(6-12(17)18)11-5-9-13(19)7-3-1-2-4-8(7)14(20)15(9)21-11/h1-5,13,19H,6H2,(H,17,18). The van der Waals surface area contributed by atoms with Crippen molar-refractivity contribution in [2.24, 2.45) is 0 Å². The van der Waals surface area contributed by atoms with Crippen molar-refractivity contribution in [1.29, 1.82) is 0 Å². The number of aliphatic carboxylic acids is 1. The highest BCUT2D eigenvalue weighted by atomic mass is 16.4. The Morgan fingerprint density at radius 1 is 1.19 bits per heavy atom. The molecule has 2 aromatic rings. The van der Waals surface area contributed by atoms with Crippen LogP contribution in [0.1, 0.15) is 50.3 Å². The molecule has 1 unspecified atom stereocenters. The lowest BCUT2D eigenvalue weighted by Crippen LogP contribution is -2.17. The number of ketones is 2. The Hall–Kier alpha value is -2.73. The molecule has 3 rings (SSSR count). The number of furan rings is 1. The summed E-state index contributed by atoms with van der Waals surface area (Å²) in [6.45, 7) is 0. The summed E-state index contributed by atoms with van der Waals surface area (Å²) in [7, 11) is 0. The molecule has 6 nitrogen and oxygen atoms in total. The summed E-state index contributed by atoms with van der Waals surface area (Å²) in [5.74, 6) is -2.82. The van der Waals surface area contributed by atoms with E-state index in [9.17, 15) is 19.5 Å². The second-order valence-electron chi connectivity index (χ2n) is 4.71. The highest BCUT2D eigenvalue weighted by Gasteiger charge is 2.34. The van der Waals surface area contributed by atoms with Gasteiger partial charge in [0.05, 0.1) is 0 Å². The molecule has 0 spiro atoms. The number of carbonyl (C=O) groups excluding carboxylic acids is 2. The number of benzene rings is 1. The topological polar surface area (TPSA) is 105 Å². The number of hydrogen-bond donors (Lipinski definition) is 2. The lowest BCUT2D eigenvalue weighted by Gasteiger charge is -2.19. The highest BCUT2D eigenvalue weighted by molar-refractivity contribution is 6.12. The van der Waals surface area contributed by atoms with Crippen molar-refractivity contribution in [1.82, 2.24) is 0 Å². The molecule has 0 fully saturated rings. The molecule has 1 atom stereocenters. The molecule has 6 heteroatoms. The van der Waals surface area contributed by atoms with Gasteiger partial charge < -0.3 is 14.6 Å². The Morgan fingerprint density at radius 3 is 2.62 bits per heavy atom. The molecule has 0 saturated carbocycles. The molecular formula is C15H10O6. The molecule has 0 aliphatic heterocycles. The van der Waals surface area contributed by atoms with Gasteiger partial charge in [0.15, 0.2) is 11.5 Å². The van der Waals surface area contributed by atoms with Crippen molar-refractivity contribution in [3.63, 3.8) is 0 Å². The number of Topliss-reactive ketones (excluding diaryl/α,β-unsaturated/α-hetero) is 1. The fourth-order valence-corrected chi connectivity index (χ4v) is 2.38. The Morgan fingerprint density at radius 2 is 1.90 bits per heavy atom. The average molecular weight is 286 g/mol. The van der Waals surface area contributed by atoms with Gasteiger partial charge in [0.25, 0.3) is 0 Å². The van der Waals surface area contributed by atoms with Gasteiger partial charge >= 0.3 is 5.97 Å². The Kier molecular flexibility index (Phi) is 2.95. The molecule has 0 amide bonds. The molecule has 1 aromatic carbocycles. The Labute approximate surface area is 118 Å². The number of fused-ring (bicyclic) bond motifs is 2. The summed E-state index contributed by atoms with van der Waals surface area (Å²) in [6, 6.07) is 7.77. The number of carboxylic acids is 1. The van der Waals surface area contributed by atoms with Gasteiger partial charge in [0, 0.05) is 11.1 Å². The van der Waals surface area contributed by atoms with Gasteiger partial charge in [-0.15, -0.1) is 0 Å². The van der Waals surface area contributed by atoms with Crippen molar-refractivity contribution in [3.8, 4) is 0 Å². The van der Waals surface area contributed by atoms with Crippen LogP contribution in [0.4, 0.5) is 0 Å². The second kappa shape index (κ2) is 4.68. The summed E-state index contributed by atoms with van der Waals surface area (Å²) in [4.78, 5) is 34.5. The molecule has 1 aliphatic carbocycles. The van der Waals surface area contributed by atoms with Crippen LogP contribution in [0.5, 0.6) is 0 Å². The van der Waals surface area contributed by atoms with E-state index < -0.39 is 30.1 Å². The zero-order valence-corrected chi connectivity index (χ0v) is 10.7. The zero-order chi connectivity index (χ0) is 15.1. The van der Waals surface area contributed by atoms with E-state index in [1.54, 1.807) is 24.3 Å². The molecule has 2 N–H and O–H groups in total. The number of aliphatic hydroxyl groups is 1. The molecular weight excluding hydrogens is 276 g/mol. The van der Waals surface area contributed by atoms with Gasteiger partial charge in [-0.25, -0.2) is 0 Å². The predicted octanol–water partition coefficient (Wildman–Crippen LogP) is 1.56. The normalized spacial score (nSPS) is 16.2. The third-order valence-electron chi connectivity index (χ3n) is 3.35. The van der Waals surface area contributed by atoms with E-state index in [-0.39, 0.29) is 17.1 Å². The first kappa shape index (κ1) is 13.3. The van der Waals surface area contributed by atoms with E-state index in [1.807, 2.05) is 0 Å². The van der Waals surface area contributed by atoms with Crippen LogP contribution < -0.4 is 0 Å². The maximum Gasteiger partial charge on any atom is 0.311 e. The van der Waals surface area contributed by atoms with Crippen LogP contribution in [0.3, 0.4) is 0 Å². The van der Waals surface area contributed by atoms with Crippen molar-refractivity contribution >= 4 is 17.5 Å². The summed E-state index contributed by atoms with van der Waals surface area (Å²) in [6.07, 6.45) is -1.81. The predicted molar refractivity (Wildman–Crippen MR) is 69.2 cm³/mol. The van der Waals surface area contributed by atoms with Gasteiger partial charge in [-0.05, 0) is 11.6 Å². The van der Waals surface area contributed by atoms with Gasteiger partial charge in [-0.2, -0.15) is 0 Å². The van der Waals surface area contributed by atoms with E-state index >= 15 is 0 Å². The van der Waals surface area contributed by atoms with Crippen molar-refractivity contribution < 1.29 is 29.0 Å². The number of hydrogen-bond acceptors (Lipinski definition) is 5. The van der Waals surface area contributed by atoms with Crippen LogP contribution in [0, 0.1) is 0 Å². The number of carboxylic acid groups (broad SMARTS) is 1. The van der Waals surface area contributed by atoms with Crippen molar-refractivity contribution in [3.05, 3.63) is 58.5 Å². The Balaban J connectivity index is 2.07. The summed E-state index contributed by atoms with van der Waals surface area (Å²) in [5.41, 5.74) is 0.935. The van der Waals surface area contributed by atoms with E-state index in [1.165, 1.54) is 6.07 Å². The van der Waals surface area contributed by atoms with Crippen LogP contribution in [0.25, 0.3) is 0 Å². The van der Waals surface area contributed by atoms with Gasteiger partial charge in [0.1, 0.15) is 12.5 Å². The van der Waals surface area contributed by atoms with E-state index in [2.05, 4.69) is 0 Å². The molecule has 106 valence electrons. The second-order valence-corrected chi connectivity index (χ2v) is 4.71. The fourth-order valence-electron chi connectivity index (χ4n) is 2.38. The van der Waals surface area contributed by atoms with E-state index in [4.69, 9.17) is 9.52 Å². The molecule has 1 aromatic heterocycles. The van der Waals surface area contributed by atoms with Gasteiger partial charge in [-0.1, -0.05) is 24.3 Å². The molecule has 0 bridgehead atoms. The van der Waals surface area contributed by atoms with E-state index in [0.29, 0.717) is 11.1 Å². The quantitative estimate of drug-likeness (QED) is 0.655. The largest absolute Gasteiger partial charge is 0.481 e. The van der Waals surface area contributed by atoms with Crippen molar-refractivity contribution in [2.45, 2.75) is 12.5 Å². The van der Waals surface area contributed by atoms with Gasteiger partial charge in [0.2, 0.25) is 11.6 Å². The zero-order valence-electron chi connectivity index (χ0n) is 10.7. The number of aliphatic hydroxyl groups excluding tert-OH is 1. The summed E-state index contributed by atoms with van der Waals surface area (Å²) in [5, 5.41) is 18.9. The first-order valence-corrected chi connectivity index (χ1v) is 6.19. The molecule has 21 heavy (non-hydrogen) atoms. The van der Waals surface area contributed by atoms with Crippen LogP contribution >= 0.6 is 0 Å². The first-order chi connectivity index (χ1) is 9.99. The minimum atomic E-state index is -1.29. The summed E-state index contributed by atoms with van der Waals surface area (Å²) >= 11 is 0. The molecule has 1 aliphatic rings. The lowest BCUT2D eigenvalue weighted by molar-refractivity contribution is -0.135. The molecule has 0 saturated heterocycles. The van der Waals surface area contributed by atoms with Gasteiger partial charge in [-0.3, -0.25) is 14.4 Å². The average Bonchev–Trinajstić information content (AvgIpc) is 2.90. The van der Waals surface area contributed by atoms with Crippen LogP contribution in [-0.2, 0) is 4.79 Å². The Bertz CT molecular complexity index is 770. The molecule has 1 heterocycles. The first-order valence-electron chi connectivity index (χ1n) is 6.19. The van der Waals surface area contributed by atoms with Crippen molar-refractivity contribution in [2.75, 3.05) is 0 Å². The minimum absolute atomic E-state index is 0.116. The van der Waals surface area contributed by atoms with Crippen LogP contribution in [-0.4, -0.2) is 27.7 Å². The lowest BCUT2D eigenvalue weighted by atomic mass is 9.87. The third kappa shape index (κ3) is 2.05. The van der Waals surface area contributed by atoms with Crippen LogP contribution in [0.2, 0.25) is 0 Å². The maximum absolute atomic E-state index is 12.3. The SMILES string of the molecule is O=C(O)CC(=O)c1cc2c(o1)C(=O)c1ccccc1C2O. The van der Waals surface area contributed by atoms with E-state index in [0.717, 1.165) is 0 Å². The number of rotatable bonds is 3. The molecule has 0 radical (unpaired) electrons. The number of carbonyl (C=O) groups is 3. The fraction of sp³-hybridized carbons (Fsp3) is 0.133. The monoisotopic (exact) mass is 286 g/mol. The minimum Gasteiger partial charge on any atom is -0.481 e. The summed E-state index contributed by atoms with van der Waals surface area (Å²) < 4.78 is 5.19. The van der Waals surface area contributed by atoms with Crippen LogP contribution in [0.15, 0.2) is 34.7 Å².